The van der Waals surface area contributed by atoms with Crippen LogP contribution >= 0.6 is 11.8 Å². The highest BCUT2D eigenvalue weighted by Crippen LogP contribution is 2.27. The molecule has 1 aliphatic carbocycles. The van der Waals surface area contributed by atoms with Gasteiger partial charge in [-0.05, 0) is 32.6 Å². The number of hydrogen-bond acceptors (Lipinski definition) is 4. The first-order valence-electron chi connectivity index (χ1n) is 9.17. The Morgan fingerprint density at radius 2 is 1.77 bits per heavy atom. The van der Waals surface area contributed by atoms with Gasteiger partial charge in [0.05, 0.1) is 6.10 Å². The van der Waals surface area contributed by atoms with Crippen LogP contribution < -0.4 is 5.32 Å². The van der Waals surface area contributed by atoms with E-state index in [2.05, 4.69) is 37.9 Å². The summed E-state index contributed by atoms with van der Waals surface area (Å²) in [5.41, 5.74) is 0. The van der Waals surface area contributed by atoms with Gasteiger partial charge in [0.25, 0.3) is 0 Å². The van der Waals surface area contributed by atoms with Gasteiger partial charge in [-0.2, -0.15) is 11.8 Å². The van der Waals surface area contributed by atoms with Crippen LogP contribution in [-0.2, 0) is 0 Å². The predicted octanol–water partition coefficient (Wildman–Crippen LogP) is 3.26. The molecule has 0 unspecified atom stereocenters. The first kappa shape index (κ1) is 18.6. The fraction of sp³-hybridized carbons (Fsp3) is 1.00. The van der Waals surface area contributed by atoms with E-state index in [9.17, 15) is 5.11 Å². The molecular weight excluding hydrogens is 292 g/mol. The maximum absolute atomic E-state index is 10.2. The number of likely N-dealkylation sites (tertiary alicyclic amines) is 1. The van der Waals surface area contributed by atoms with Crippen molar-refractivity contribution >= 4 is 11.8 Å². The van der Waals surface area contributed by atoms with Crippen LogP contribution in [-0.4, -0.2) is 57.8 Å². The third-order valence-electron chi connectivity index (χ3n) is 4.98. The highest BCUT2D eigenvalue weighted by molar-refractivity contribution is 8.00. The summed E-state index contributed by atoms with van der Waals surface area (Å²) < 4.78 is 0.358. The van der Waals surface area contributed by atoms with E-state index < -0.39 is 0 Å². The quantitative estimate of drug-likeness (QED) is 0.812. The van der Waals surface area contributed by atoms with Crippen molar-refractivity contribution in [3.8, 4) is 0 Å². The van der Waals surface area contributed by atoms with Crippen LogP contribution in [0.1, 0.15) is 66.2 Å². The summed E-state index contributed by atoms with van der Waals surface area (Å²) in [5, 5.41) is 14.0. The van der Waals surface area contributed by atoms with E-state index in [1.54, 1.807) is 0 Å². The van der Waals surface area contributed by atoms with E-state index in [4.69, 9.17) is 0 Å². The van der Waals surface area contributed by atoms with Gasteiger partial charge < -0.3 is 10.4 Å². The van der Waals surface area contributed by atoms with Crippen molar-refractivity contribution in [1.82, 2.24) is 10.2 Å². The summed E-state index contributed by atoms with van der Waals surface area (Å²) in [4.78, 5) is 2.55. The lowest BCUT2D eigenvalue weighted by atomic mass is 9.89. The maximum Gasteiger partial charge on any atom is 0.0695 e. The normalized spacial score (nSPS) is 30.4. The van der Waals surface area contributed by atoms with Crippen molar-refractivity contribution in [2.45, 2.75) is 95.2 Å². The van der Waals surface area contributed by atoms with Gasteiger partial charge in [-0.25, -0.2) is 0 Å². The largest absolute Gasteiger partial charge is 0.391 e. The van der Waals surface area contributed by atoms with Crippen LogP contribution in [0, 0.1) is 0 Å². The summed E-state index contributed by atoms with van der Waals surface area (Å²) in [6.07, 6.45) is 7.07. The molecule has 0 aromatic rings. The second-order valence-electron chi connectivity index (χ2n) is 8.22. The zero-order chi connectivity index (χ0) is 16.2. The Hall–Kier alpha value is 0.230. The number of nitrogens with one attached hydrogen (secondary N) is 1. The number of piperidine rings is 1. The predicted molar refractivity (Wildman–Crippen MR) is 97.7 cm³/mol. The number of rotatable bonds is 5. The van der Waals surface area contributed by atoms with E-state index in [1.165, 1.54) is 37.9 Å². The first-order chi connectivity index (χ1) is 10.3. The van der Waals surface area contributed by atoms with Crippen molar-refractivity contribution < 1.29 is 5.11 Å². The van der Waals surface area contributed by atoms with E-state index in [1.807, 2.05) is 11.8 Å². The Balaban J connectivity index is 1.68. The number of aliphatic hydroxyl groups excluding tert-OH is 1. The minimum Gasteiger partial charge on any atom is -0.391 e. The number of hydrogen-bond donors (Lipinski definition) is 2. The first-order valence-corrected chi connectivity index (χ1v) is 10.2. The average Bonchev–Trinajstić information content (AvgIpc) is 2.46. The average molecular weight is 329 g/mol. The molecular formula is C18H36N2OS. The Morgan fingerprint density at radius 1 is 1.14 bits per heavy atom. The Morgan fingerprint density at radius 3 is 2.36 bits per heavy atom. The highest BCUT2D eigenvalue weighted by Gasteiger charge is 2.31. The Labute approximate surface area is 141 Å². The summed E-state index contributed by atoms with van der Waals surface area (Å²) in [6.45, 7) is 11.5. The molecule has 0 aromatic heterocycles. The molecule has 0 aromatic carbocycles. The minimum atomic E-state index is -0.0830. The molecule has 2 rings (SSSR count). The molecule has 1 aliphatic heterocycles. The molecule has 2 fully saturated rings. The number of aliphatic hydroxyl groups is 1. The van der Waals surface area contributed by atoms with Crippen molar-refractivity contribution in [3.05, 3.63) is 0 Å². The fourth-order valence-electron chi connectivity index (χ4n) is 3.74. The zero-order valence-electron chi connectivity index (χ0n) is 15.0. The molecule has 3 atom stereocenters. The van der Waals surface area contributed by atoms with Gasteiger partial charge in [-0.15, -0.1) is 0 Å². The lowest BCUT2D eigenvalue weighted by Crippen LogP contribution is -2.52. The van der Waals surface area contributed by atoms with E-state index in [-0.39, 0.29) is 6.10 Å². The van der Waals surface area contributed by atoms with E-state index >= 15 is 0 Å². The molecule has 22 heavy (non-hydrogen) atoms. The summed E-state index contributed by atoms with van der Waals surface area (Å²) in [7, 11) is 0. The molecule has 0 radical (unpaired) electrons. The van der Waals surface area contributed by atoms with Gasteiger partial charge >= 0.3 is 0 Å². The minimum absolute atomic E-state index is 0.0830. The molecule has 1 heterocycles. The Bertz CT molecular complexity index is 324. The molecule has 2 N–H and O–H groups in total. The van der Waals surface area contributed by atoms with Gasteiger partial charge in [0, 0.05) is 41.7 Å². The SMILES string of the molecule is C[C@H](CSC(C)(C)C)NC1CCN([C@@H]2CCCC[C@@H]2O)CC1. The fourth-order valence-corrected chi connectivity index (χ4v) is 4.59. The molecule has 0 amide bonds. The van der Waals surface area contributed by atoms with Gasteiger partial charge in [-0.1, -0.05) is 33.6 Å². The lowest BCUT2D eigenvalue weighted by Gasteiger charge is -2.42. The van der Waals surface area contributed by atoms with Crippen molar-refractivity contribution in [1.29, 1.82) is 0 Å². The van der Waals surface area contributed by atoms with Crippen LogP contribution in [0.15, 0.2) is 0 Å². The molecule has 1 saturated carbocycles. The number of nitrogens with zero attached hydrogens (tertiary/aromatic N) is 1. The molecule has 0 spiro atoms. The zero-order valence-corrected chi connectivity index (χ0v) is 15.8. The highest BCUT2D eigenvalue weighted by atomic mass is 32.2. The van der Waals surface area contributed by atoms with Crippen molar-refractivity contribution in [3.63, 3.8) is 0 Å². The maximum atomic E-state index is 10.2. The smallest absolute Gasteiger partial charge is 0.0695 e. The molecule has 1 saturated heterocycles. The van der Waals surface area contributed by atoms with E-state index in [0.717, 1.165) is 19.5 Å². The van der Waals surface area contributed by atoms with Crippen LogP contribution in [0.2, 0.25) is 0 Å². The molecule has 4 heteroatoms. The van der Waals surface area contributed by atoms with Crippen molar-refractivity contribution in [2.24, 2.45) is 0 Å². The molecule has 0 bridgehead atoms. The molecule has 3 nitrogen and oxygen atoms in total. The van der Waals surface area contributed by atoms with Crippen molar-refractivity contribution in [2.75, 3.05) is 18.8 Å². The third kappa shape index (κ3) is 6.03. The van der Waals surface area contributed by atoms with Gasteiger partial charge in [0.15, 0.2) is 0 Å². The van der Waals surface area contributed by atoms with Crippen LogP contribution in [0.5, 0.6) is 0 Å². The van der Waals surface area contributed by atoms with Gasteiger partial charge in [0.2, 0.25) is 0 Å². The number of thioether (sulfide) groups is 1. The van der Waals surface area contributed by atoms with Crippen LogP contribution in [0.3, 0.4) is 0 Å². The topological polar surface area (TPSA) is 35.5 Å². The molecule has 2 aliphatic rings. The Kier molecular flexibility index (Phi) is 7.06. The summed E-state index contributed by atoms with van der Waals surface area (Å²) in [5.74, 6) is 1.19. The second-order valence-corrected chi connectivity index (χ2v) is 10.1. The standard InChI is InChI=1S/C18H36N2OS/c1-14(13-22-18(2,3)4)19-15-9-11-20(12-10-15)16-7-5-6-8-17(16)21/h14-17,19,21H,5-13H2,1-4H3/t14-,16-,17+/m1/s1. The second kappa shape index (κ2) is 8.36. The summed E-state index contributed by atoms with van der Waals surface area (Å²) >= 11 is 2.05. The van der Waals surface area contributed by atoms with Gasteiger partial charge in [0.1, 0.15) is 0 Å². The van der Waals surface area contributed by atoms with Crippen LogP contribution in [0.25, 0.3) is 0 Å². The lowest BCUT2D eigenvalue weighted by molar-refractivity contribution is 0.00685. The van der Waals surface area contributed by atoms with Gasteiger partial charge in [-0.3, -0.25) is 4.90 Å². The third-order valence-corrected chi connectivity index (χ3v) is 6.51. The van der Waals surface area contributed by atoms with E-state index in [0.29, 0.717) is 22.9 Å². The summed E-state index contributed by atoms with van der Waals surface area (Å²) in [6, 6.07) is 1.68. The van der Waals surface area contributed by atoms with Crippen LogP contribution in [0.4, 0.5) is 0 Å². The monoisotopic (exact) mass is 328 g/mol. The molecule has 130 valence electrons.